The van der Waals surface area contributed by atoms with Crippen LogP contribution in [-0.2, 0) is 0 Å². The highest BCUT2D eigenvalue weighted by Crippen LogP contribution is 2.14. The molecule has 0 bridgehead atoms. The molecular weight excluding hydrogens is 264 g/mol. The van der Waals surface area contributed by atoms with Crippen molar-refractivity contribution in [3.8, 4) is 0 Å². The van der Waals surface area contributed by atoms with E-state index in [0.717, 1.165) is 0 Å². The molecule has 0 aromatic heterocycles. The van der Waals surface area contributed by atoms with Crippen molar-refractivity contribution in [3.63, 3.8) is 0 Å². The van der Waals surface area contributed by atoms with Crippen LogP contribution in [0.2, 0.25) is 0 Å². The summed E-state index contributed by atoms with van der Waals surface area (Å²) in [6, 6.07) is 0. The Kier molecular flexibility index (Phi) is 20.0. The van der Waals surface area contributed by atoms with E-state index in [1.807, 2.05) is 6.08 Å². The Balaban J connectivity index is 2.97. The van der Waals surface area contributed by atoms with Crippen LogP contribution in [0.25, 0.3) is 0 Å². The average Bonchev–Trinajstić information content (AvgIpc) is 2.54. The fourth-order valence-corrected chi connectivity index (χ4v) is 3.00. The molecule has 0 fully saturated rings. The highest BCUT2D eigenvalue weighted by Gasteiger charge is 1.94. The molecule has 0 N–H and O–H groups in total. The molecule has 0 nitrogen and oxygen atoms in total. The van der Waals surface area contributed by atoms with Gasteiger partial charge in [0.25, 0.3) is 0 Å². The van der Waals surface area contributed by atoms with Gasteiger partial charge in [-0.2, -0.15) is 0 Å². The average molecular weight is 307 g/mol. The Hall–Kier alpha value is -0.520. The van der Waals surface area contributed by atoms with Crippen molar-refractivity contribution in [3.05, 3.63) is 24.8 Å². The minimum atomic E-state index is 1.23. The Morgan fingerprint density at radius 1 is 0.545 bits per heavy atom. The third-order valence-electron chi connectivity index (χ3n) is 4.50. The van der Waals surface area contributed by atoms with Gasteiger partial charge in [0.2, 0.25) is 0 Å². The molecule has 0 aliphatic carbocycles. The molecule has 0 rings (SSSR count). The summed E-state index contributed by atoms with van der Waals surface area (Å²) >= 11 is 0. The van der Waals surface area contributed by atoms with E-state index in [1.165, 1.54) is 109 Å². The van der Waals surface area contributed by atoms with E-state index in [-0.39, 0.29) is 0 Å². The SMILES string of the molecule is C=C/C=C/CCCCCCCCCCCCCCCCCC. The highest BCUT2D eigenvalue weighted by atomic mass is 14.0. The Labute approximate surface area is 141 Å². The lowest BCUT2D eigenvalue weighted by Crippen LogP contribution is -1.83. The lowest BCUT2D eigenvalue weighted by atomic mass is 10.0. The van der Waals surface area contributed by atoms with Gasteiger partial charge in [0.05, 0.1) is 0 Å². The molecule has 0 heterocycles. The topological polar surface area (TPSA) is 0 Å². The molecule has 0 spiro atoms. The second kappa shape index (κ2) is 20.5. The summed E-state index contributed by atoms with van der Waals surface area (Å²) in [6.45, 7) is 5.98. The van der Waals surface area contributed by atoms with Crippen molar-refractivity contribution in [2.75, 3.05) is 0 Å². The standard InChI is InChI=1S/C22H42/c1-3-5-7-9-11-13-15-17-19-21-22-20-18-16-14-12-10-8-6-4-2/h3,5,7H,1,4,6,8-22H2,2H3/b7-5+. The van der Waals surface area contributed by atoms with E-state index in [4.69, 9.17) is 0 Å². The molecule has 0 heteroatoms. The van der Waals surface area contributed by atoms with E-state index < -0.39 is 0 Å². The Bertz CT molecular complexity index is 226. The molecule has 0 aromatic carbocycles. The minimum Gasteiger partial charge on any atom is -0.0991 e. The van der Waals surface area contributed by atoms with Gasteiger partial charge in [-0.15, -0.1) is 0 Å². The number of hydrogen-bond acceptors (Lipinski definition) is 0. The number of rotatable bonds is 18. The molecule has 0 saturated heterocycles. The fourth-order valence-electron chi connectivity index (χ4n) is 3.00. The zero-order valence-corrected chi connectivity index (χ0v) is 15.5. The van der Waals surface area contributed by atoms with Gasteiger partial charge in [-0.05, 0) is 12.8 Å². The first-order valence-electron chi connectivity index (χ1n) is 10.2. The maximum absolute atomic E-state index is 3.69. The first-order valence-corrected chi connectivity index (χ1v) is 10.2. The van der Waals surface area contributed by atoms with Crippen molar-refractivity contribution in [2.45, 2.75) is 116 Å². The number of allylic oxidation sites excluding steroid dienone is 3. The number of hydrogen-bond donors (Lipinski definition) is 0. The van der Waals surface area contributed by atoms with E-state index in [1.54, 1.807) is 0 Å². The largest absolute Gasteiger partial charge is 0.0991 e. The van der Waals surface area contributed by atoms with Crippen LogP contribution in [-0.4, -0.2) is 0 Å². The molecule has 0 aliphatic rings. The quantitative estimate of drug-likeness (QED) is 0.176. The van der Waals surface area contributed by atoms with Gasteiger partial charge in [-0.1, -0.05) is 128 Å². The summed E-state index contributed by atoms with van der Waals surface area (Å²) in [5.74, 6) is 0. The van der Waals surface area contributed by atoms with Gasteiger partial charge in [0, 0.05) is 0 Å². The predicted molar refractivity (Wildman–Crippen MR) is 104 cm³/mol. The van der Waals surface area contributed by atoms with Gasteiger partial charge >= 0.3 is 0 Å². The molecule has 0 unspecified atom stereocenters. The molecule has 0 saturated carbocycles. The smallest absolute Gasteiger partial charge is 0.0348 e. The third kappa shape index (κ3) is 19.5. The number of unbranched alkanes of at least 4 members (excludes halogenated alkanes) is 16. The van der Waals surface area contributed by atoms with Crippen LogP contribution in [0.15, 0.2) is 24.8 Å². The summed E-state index contributed by atoms with van der Waals surface area (Å²) in [5.41, 5.74) is 0. The zero-order valence-electron chi connectivity index (χ0n) is 15.5. The highest BCUT2D eigenvalue weighted by molar-refractivity contribution is 4.96. The van der Waals surface area contributed by atoms with Crippen molar-refractivity contribution in [1.82, 2.24) is 0 Å². The van der Waals surface area contributed by atoms with E-state index in [2.05, 4.69) is 25.7 Å². The van der Waals surface area contributed by atoms with Crippen LogP contribution < -0.4 is 0 Å². The summed E-state index contributed by atoms with van der Waals surface area (Å²) in [6.07, 6.45) is 30.5. The van der Waals surface area contributed by atoms with Crippen LogP contribution in [0.1, 0.15) is 116 Å². The van der Waals surface area contributed by atoms with E-state index in [9.17, 15) is 0 Å². The predicted octanol–water partition coefficient (Wildman–Crippen LogP) is 8.38. The maximum atomic E-state index is 3.69. The minimum absolute atomic E-state index is 1.23. The van der Waals surface area contributed by atoms with Gasteiger partial charge in [-0.3, -0.25) is 0 Å². The summed E-state index contributed by atoms with van der Waals surface area (Å²) < 4.78 is 0. The van der Waals surface area contributed by atoms with Crippen molar-refractivity contribution < 1.29 is 0 Å². The Morgan fingerprint density at radius 3 is 1.27 bits per heavy atom. The van der Waals surface area contributed by atoms with Crippen LogP contribution in [0.5, 0.6) is 0 Å². The molecule has 0 amide bonds. The maximum Gasteiger partial charge on any atom is -0.0348 e. The van der Waals surface area contributed by atoms with Crippen molar-refractivity contribution in [1.29, 1.82) is 0 Å². The molecule has 0 aliphatic heterocycles. The molecule has 130 valence electrons. The molecule has 22 heavy (non-hydrogen) atoms. The van der Waals surface area contributed by atoms with E-state index >= 15 is 0 Å². The van der Waals surface area contributed by atoms with Crippen LogP contribution in [0.3, 0.4) is 0 Å². The lowest BCUT2D eigenvalue weighted by Gasteiger charge is -2.03. The van der Waals surface area contributed by atoms with Gasteiger partial charge < -0.3 is 0 Å². The first kappa shape index (κ1) is 21.5. The van der Waals surface area contributed by atoms with Crippen molar-refractivity contribution in [2.24, 2.45) is 0 Å². The van der Waals surface area contributed by atoms with E-state index in [0.29, 0.717) is 0 Å². The monoisotopic (exact) mass is 306 g/mol. The van der Waals surface area contributed by atoms with Crippen molar-refractivity contribution >= 4 is 0 Å². The van der Waals surface area contributed by atoms with Gasteiger partial charge in [-0.25, -0.2) is 0 Å². The third-order valence-corrected chi connectivity index (χ3v) is 4.50. The summed E-state index contributed by atoms with van der Waals surface area (Å²) in [5, 5.41) is 0. The first-order chi connectivity index (χ1) is 10.9. The molecule has 0 aromatic rings. The van der Waals surface area contributed by atoms with Gasteiger partial charge in [0.15, 0.2) is 0 Å². The fraction of sp³-hybridized carbons (Fsp3) is 0.818. The lowest BCUT2D eigenvalue weighted by molar-refractivity contribution is 0.530. The van der Waals surface area contributed by atoms with Crippen LogP contribution >= 0.6 is 0 Å². The molecule has 0 radical (unpaired) electrons. The molecule has 0 atom stereocenters. The second-order valence-electron chi connectivity index (χ2n) is 6.76. The second-order valence-corrected chi connectivity index (χ2v) is 6.76. The summed E-state index contributed by atoms with van der Waals surface area (Å²) in [7, 11) is 0. The zero-order chi connectivity index (χ0) is 16.1. The molecular formula is C22H42. The summed E-state index contributed by atoms with van der Waals surface area (Å²) in [4.78, 5) is 0. The van der Waals surface area contributed by atoms with Crippen LogP contribution in [0.4, 0.5) is 0 Å². The van der Waals surface area contributed by atoms with Crippen LogP contribution in [0, 0.1) is 0 Å². The Morgan fingerprint density at radius 2 is 0.909 bits per heavy atom. The van der Waals surface area contributed by atoms with Gasteiger partial charge in [0.1, 0.15) is 0 Å². The normalized spacial score (nSPS) is 11.3.